The third kappa shape index (κ3) is 2.78. The largest absolute Gasteiger partial charge is 0.496 e. The number of methoxy groups -OCH3 is 1. The third-order valence-electron chi connectivity index (χ3n) is 3.43. The Balaban J connectivity index is 1.93. The number of rotatable bonds is 4. The van der Waals surface area contributed by atoms with E-state index in [0.29, 0.717) is 11.6 Å². The van der Waals surface area contributed by atoms with Gasteiger partial charge in [0, 0.05) is 18.1 Å². The first-order chi connectivity index (χ1) is 10.3. The predicted molar refractivity (Wildman–Crippen MR) is 87.1 cm³/mol. The number of ether oxygens (including phenoxy) is 1. The molecule has 0 unspecified atom stereocenters. The molecule has 0 atom stereocenters. The van der Waals surface area contributed by atoms with Crippen LogP contribution in [0.4, 0.5) is 5.69 Å². The molecule has 0 saturated heterocycles. The molecular formula is C17H15ClN2O. The molecule has 3 nitrogen and oxygen atoms in total. The molecule has 0 amide bonds. The van der Waals surface area contributed by atoms with Gasteiger partial charge in [0.25, 0.3) is 0 Å². The molecule has 1 N–H and O–H groups in total. The summed E-state index contributed by atoms with van der Waals surface area (Å²) < 4.78 is 5.41. The van der Waals surface area contributed by atoms with Gasteiger partial charge in [-0.25, -0.2) is 0 Å². The van der Waals surface area contributed by atoms with Crippen LogP contribution >= 0.6 is 11.6 Å². The standard InChI is InChI=1S/C17H15ClN2O/c1-21-17-7-6-12(13-4-2-3-5-14(13)17)10-20-16-11-19-9-8-15(16)18/h2-9,11,20H,10H2,1H3. The third-order valence-corrected chi connectivity index (χ3v) is 3.76. The minimum absolute atomic E-state index is 0.669. The first-order valence-corrected chi connectivity index (χ1v) is 7.05. The summed E-state index contributed by atoms with van der Waals surface area (Å²) in [6.07, 6.45) is 3.41. The zero-order chi connectivity index (χ0) is 14.7. The summed E-state index contributed by atoms with van der Waals surface area (Å²) in [5.74, 6) is 0.883. The number of halogens is 1. The number of hydrogen-bond acceptors (Lipinski definition) is 3. The average Bonchev–Trinajstić information content (AvgIpc) is 2.54. The van der Waals surface area contributed by atoms with E-state index in [4.69, 9.17) is 16.3 Å². The molecule has 3 rings (SSSR count). The van der Waals surface area contributed by atoms with Gasteiger partial charge in [-0.3, -0.25) is 4.98 Å². The lowest BCUT2D eigenvalue weighted by Gasteiger charge is -2.12. The number of nitrogens with one attached hydrogen (secondary N) is 1. The van der Waals surface area contributed by atoms with Crippen molar-refractivity contribution < 1.29 is 4.74 Å². The molecule has 0 aliphatic carbocycles. The Bertz CT molecular complexity index is 774. The van der Waals surface area contributed by atoms with Crippen molar-refractivity contribution in [3.8, 4) is 5.75 Å². The van der Waals surface area contributed by atoms with E-state index in [-0.39, 0.29) is 0 Å². The smallest absolute Gasteiger partial charge is 0.126 e. The van der Waals surface area contributed by atoms with Crippen LogP contribution in [0.3, 0.4) is 0 Å². The van der Waals surface area contributed by atoms with Crippen molar-refractivity contribution in [2.75, 3.05) is 12.4 Å². The van der Waals surface area contributed by atoms with Crippen LogP contribution in [0.25, 0.3) is 10.8 Å². The van der Waals surface area contributed by atoms with E-state index < -0.39 is 0 Å². The number of pyridine rings is 1. The van der Waals surface area contributed by atoms with Crippen molar-refractivity contribution >= 4 is 28.1 Å². The van der Waals surface area contributed by atoms with E-state index in [0.717, 1.165) is 16.8 Å². The number of benzene rings is 2. The monoisotopic (exact) mass is 298 g/mol. The molecule has 2 aromatic carbocycles. The zero-order valence-corrected chi connectivity index (χ0v) is 12.4. The van der Waals surface area contributed by atoms with Gasteiger partial charge in [-0.05, 0) is 23.1 Å². The van der Waals surface area contributed by atoms with E-state index in [1.807, 2.05) is 18.2 Å². The van der Waals surface area contributed by atoms with Gasteiger partial charge in [-0.1, -0.05) is 41.9 Å². The lowest BCUT2D eigenvalue weighted by atomic mass is 10.0. The maximum Gasteiger partial charge on any atom is 0.126 e. The second-order valence-corrected chi connectivity index (χ2v) is 5.09. The molecule has 4 heteroatoms. The number of nitrogens with zero attached hydrogens (tertiary/aromatic N) is 1. The van der Waals surface area contributed by atoms with E-state index in [2.05, 4.69) is 28.5 Å². The fraction of sp³-hybridized carbons (Fsp3) is 0.118. The Morgan fingerprint density at radius 3 is 2.67 bits per heavy atom. The van der Waals surface area contributed by atoms with Crippen LogP contribution in [-0.2, 0) is 6.54 Å². The molecule has 1 aromatic heterocycles. The second-order valence-electron chi connectivity index (χ2n) is 4.68. The van der Waals surface area contributed by atoms with Gasteiger partial charge in [-0.2, -0.15) is 0 Å². The topological polar surface area (TPSA) is 34.1 Å². The first kappa shape index (κ1) is 13.7. The second kappa shape index (κ2) is 6.02. The molecule has 0 saturated carbocycles. The Hall–Kier alpha value is -2.26. The summed E-state index contributed by atoms with van der Waals surface area (Å²) in [6.45, 7) is 0.677. The van der Waals surface area contributed by atoms with Crippen molar-refractivity contribution in [2.24, 2.45) is 0 Å². The van der Waals surface area contributed by atoms with E-state index in [1.165, 1.54) is 10.9 Å². The Kier molecular flexibility index (Phi) is 3.93. The van der Waals surface area contributed by atoms with Crippen molar-refractivity contribution in [3.63, 3.8) is 0 Å². The lowest BCUT2D eigenvalue weighted by molar-refractivity contribution is 0.419. The van der Waals surface area contributed by atoms with Gasteiger partial charge < -0.3 is 10.1 Å². The summed E-state index contributed by atoms with van der Waals surface area (Å²) in [4.78, 5) is 4.08. The fourth-order valence-electron chi connectivity index (χ4n) is 2.36. The van der Waals surface area contributed by atoms with Crippen LogP contribution in [0.15, 0.2) is 54.9 Å². The van der Waals surface area contributed by atoms with E-state index in [9.17, 15) is 0 Å². The van der Waals surface area contributed by atoms with Crippen LogP contribution < -0.4 is 10.1 Å². The highest BCUT2D eigenvalue weighted by molar-refractivity contribution is 6.33. The van der Waals surface area contributed by atoms with E-state index >= 15 is 0 Å². The number of anilines is 1. The molecule has 0 fully saturated rings. The summed E-state index contributed by atoms with van der Waals surface area (Å²) in [5.41, 5.74) is 2.02. The Labute approximate surface area is 128 Å². The molecule has 0 aliphatic rings. The average molecular weight is 299 g/mol. The molecule has 0 bridgehead atoms. The quantitative estimate of drug-likeness (QED) is 0.769. The lowest BCUT2D eigenvalue weighted by Crippen LogP contribution is -2.01. The van der Waals surface area contributed by atoms with Crippen LogP contribution in [0.5, 0.6) is 5.75 Å². The molecule has 0 aliphatic heterocycles. The van der Waals surface area contributed by atoms with Crippen molar-refractivity contribution in [1.29, 1.82) is 0 Å². The molecule has 21 heavy (non-hydrogen) atoms. The molecule has 0 spiro atoms. The first-order valence-electron chi connectivity index (χ1n) is 6.67. The minimum Gasteiger partial charge on any atom is -0.496 e. The SMILES string of the molecule is COc1ccc(CNc2cnccc2Cl)c2ccccc12. The van der Waals surface area contributed by atoms with Crippen molar-refractivity contribution in [2.45, 2.75) is 6.54 Å². The maximum absolute atomic E-state index is 6.13. The normalized spacial score (nSPS) is 10.6. The summed E-state index contributed by atoms with van der Waals surface area (Å²) in [6, 6.07) is 14.0. The summed E-state index contributed by atoms with van der Waals surface area (Å²) in [5, 5.41) is 6.27. The highest BCUT2D eigenvalue weighted by atomic mass is 35.5. The predicted octanol–water partition coefficient (Wildman–Crippen LogP) is 4.51. The highest BCUT2D eigenvalue weighted by Crippen LogP contribution is 2.29. The van der Waals surface area contributed by atoms with Gasteiger partial charge in [0.2, 0.25) is 0 Å². The fourth-order valence-corrected chi connectivity index (χ4v) is 2.54. The summed E-state index contributed by atoms with van der Waals surface area (Å²) in [7, 11) is 1.69. The molecular weight excluding hydrogens is 284 g/mol. The number of aromatic nitrogens is 1. The Morgan fingerprint density at radius 1 is 1.10 bits per heavy atom. The van der Waals surface area contributed by atoms with Crippen LogP contribution in [0.2, 0.25) is 5.02 Å². The van der Waals surface area contributed by atoms with Gasteiger partial charge in [0.15, 0.2) is 0 Å². The van der Waals surface area contributed by atoms with Crippen LogP contribution in [-0.4, -0.2) is 12.1 Å². The number of hydrogen-bond donors (Lipinski definition) is 1. The van der Waals surface area contributed by atoms with E-state index in [1.54, 1.807) is 25.6 Å². The van der Waals surface area contributed by atoms with Gasteiger partial charge >= 0.3 is 0 Å². The van der Waals surface area contributed by atoms with Gasteiger partial charge in [-0.15, -0.1) is 0 Å². The number of fused-ring (bicyclic) bond motifs is 1. The highest BCUT2D eigenvalue weighted by Gasteiger charge is 2.06. The van der Waals surface area contributed by atoms with Crippen molar-refractivity contribution in [1.82, 2.24) is 4.98 Å². The maximum atomic E-state index is 6.13. The molecule has 3 aromatic rings. The van der Waals surface area contributed by atoms with Crippen LogP contribution in [0, 0.1) is 0 Å². The zero-order valence-electron chi connectivity index (χ0n) is 11.6. The molecule has 0 radical (unpaired) electrons. The van der Waals surface area contributed by atoms with Crippen LogP contribution in [0.1, 0.15) is 5.56 Å². The molecule has 106 valence electrons. The molecule has 1 heterocycles. The summed E-state index contributed by atoms with van der Waals surface area (Å²) >= 11 is 6.13. The Morgan fingerprint density at radius 2 is 1.90 bits per heavy atom. The minimum atomic E-state index is 0.669. The van der Waals surface area contributed by atoms with Crippen molar-refractivity contribution in [3.05, 3.63) is 65.4 Å². The van der Waals surface area contributed by atoms with Gasteiger partial charge in [0.05, 0.1) is 24.0 Å². The van der Waals surface area contributed by atoms with Gasteiger partial charge in [0.1, 0.15) is 5.75 Å².